The maximum Gasteiger partial charge on any atom is 0.326 e. The van der Waals surface area contributed by atoms with Crippen molar-refractivity contribution in [2.24, 2.45) is 11.8 Å². The number of aliphatic carboxylic acids is 1. The van der Waals surface area contributed by atoms with Crippen molar-refractivity contribution in [1.29, 1.82) is 0 Å². The molecule has 18 heavy (non-hydrogen) atoms. The summed E-state index contributed by atoms with van der Waals surface area (Å²) in [6.07, 6.45) is 4.19. The highest BCUT2D eigenvalue weighted by atomic mass is 16.4. The Balaban J connectivity index is 2.37. The van der Waals surface area contributed by atoms with Crippen LogP contribution in [-0.2, 0) is 4.79 Å². The smallest absolute Gasteiger partial charge is 0.326 e. The number of nitrogens with one attached hydrogen (secondary N) is 2. The maximum absolute atomic E-state index is 11.7. The number of carbonyl (C=O) groups excluding carboxylic acids is 1. The van der Waals surface area contributed by atoms with Gasteiger partial charge in [-0.2, -0.15) is 0 Å². The van der Waals surface area contributed by atoms with E-state index in [-0.39, 0.29) is 18.0 Å². The summed E-state index contributed by atoms with van der Waals surface area (Å²) in [7, 11) is 0. The van der Waals surface area contributed by atoms with Gasteiger partial charge in [-0.15, -0.1) is 0 Å². The second-order valence-electron chi connectivity index (χ2n) is 5.40. The molecule has 0 aromatic carbocycles. The summed E-state index contributed by atoms with van der Waals surface area (Å²) < 4.78 is 0. The Kier molecular flexibility index (Phi) is 5.44. The van der Waals surface area contributed by atoms with E-state index in [9.17, 15) is 9.59 Å². The van der Waals surface area contributed by atoms with Gasteiger partial charge in [0.25, 0.3) is 0 Å². The molecule has 3 atom stereocenters. The van der Waals surface area contributed by atoms with Crippen molar-refractivity contribution in [2.45, 2.75) is 58.5 Å². The summed E-state index contributed by atoms with van der Waals surface area (Å²) in [6, 6.07) is -1.09. The van der Waals surface area contributed by atoms with Crippen LogP contribution in [0.3, 0.4) is 0 Å². The largest absolute Gasteiger partial charge is 0.480 e. The van der Waals surface area contributed by atoms with Crippen LogP contribution in [0.5, 0.6) is 0 Å². The Labute approximate surface area is 108 Å². The number of urea groups is 1. The lowest BCUT2D eigenvalue weighted by atomic mass is 9.99. The molecule has 5 nitrogen and oxygen atoms in total. The molecular weight excluding hydrogens is 232 g/mol. The Morgan fingerprint density at radius 3 is 2.33 bits per heavy atom. The van der Waals surface area contributed by atoms with Crippen molar-refractivity contribution in [1.82, 2.24) is 10.6 Å². The molecule has 0 radical (unpaired) electrons. The molecule has 1 aliphatic carbocycles. The van der Waals surface area contributed by atoms with Crippen LogP contribution >= 0.6 is 0 Å². The van der Waals surface area contributed by atoms with E-state index in [0.29, 0.717) is 0 Å². The Morgan fingerprint density at radius 2 is 1.89 bits per heavy atom. The summed E-state index contributed by atoms with van der Waals surface area (Å²) in [4.78, 5) is 22.8. The van der Waals surface area contributed by atoms with Crippen molar-refractivity contribution >= 4 is 12.0 Å². The minimum Gasteiger partial charge on any atom is -0.480 e. The third kappa shape index (κ3) is 4.94. The van der Waals surface area contributed by atoms with Gasteiger partial charge >= 0.3 is 12.0 Å². The number of amides is 2. The first kappa shape index (κ1) is 14.8. The first-order valence-corrected chi connectivity index (χ1v) is 6.73. The zero-order chi connectivity index (χ0) is 13.7. The van der Waals surface area contributed by atoms with E-state index in [1.54, 1.807) is 0 Å². The van der Waals surface area contributed by atoms with E-state index >= 15 is 0 Å². The lowest BCUT2D eigenvalue weighted by Crippen LogP contribution is -2.51. The average molecular weight is 256 g/mol. The molecule has 0 bridgehead atoms. The van der Waals surface area contributed by atoms with E-state index in [1.807, 2.05) is 20.8 Å². The van der Waals surface area contributed by atoms with Gasteiger partial charge in [0, 0.05) is 6.04 Å². The fraction of sp³-hybridized carbons (Fsp3) is 0.846. The Hall–Kier alpha value is -1.26. The van der Waals surface area contributed by atoms with Gasteiger partial charge in [0.15, 0.2) is 0 Å². The summed E-state index contributed by atoms with van der Waals surface area (Å²) in [5, 5.41) is 14.4. The molecule has 2 amide bonds. The Bertz CT molecular complexity index is 303. The minimum atomic E-state index is -0.977. The molecule has 104 valence electrons. The minimum absolute atomic E-state index is 0.0769. The number of hydrogen-bond donors (Lipinski definition) is 3. The fourth-order valence-electron chi connectivity index (χ4n) is 2.00. The van der Waals surface area contributed by atoms with Crippen LogP contribution in [0.4, 0.5) is 4.79 Å². The van der Waals surface area contributed by atoms with Gasteiger partial charge in [0.05, 0.1) is 0 Å². The summed E-state index contributed by atoms with van der Waals surface area (Å²) in [5.74, 6) is -0.313. The summed E-state index contributed by atoms with van der Waals surface area (Å²) in [5.41, 5.74) is 0. The van der Waals surface area contributed by atoms with Crippen LogP contribution < -0.4 is 10.6 Å². The zero-order valence-electron chi connectivity index (χ0n) is 11.4. The highest BCUT2D eigenvalue weighted by Crippen LogP contribution is 2.33. The predicted octanol–water partition coefficient (Wildman–Crippen LogP) is 1.97. The van der Waals surface area contributed by atoms with Crippen molar-refractivity contribution in [3.8, 4) is 0 Å². The van der Waals surface area contributed by atoms with Crippen LogP contribution in [0.25, 0.3) is 0 Å². The fourth-order valence-corrected chi connectivity index (χ4v) is 2.00. The highest BCUT2D eigenvalue weighted by Gasteiger charge is 2.27. The summed E-state index contributed by atoms with van der Waals surface area (Å²) in [6.45, 7) is 5.69. The molecule has 0 aromatic heterocycles. The molecule has 1 saturated carbocycles. The van der Waals surface area contributed by atoms with Crippen LogP contribution in [0.2, 0.25) is 0 Å². The molecule has 1 fully saturated rings. The van der Waals surface area contributed by atoms with Crippen molar-refractivity contribution in [3.63, 3.8) is 0 Å². The molecule has 5 heteroatoms. The third-order valence-electron chi connectivity index (χ3n) is 3.53. The second kappa shape index (κ2) is 6.61. The van der Waals surface area contributed by atoms with E-state index < -0.39 is 12.0 Å². The molecule has 0 aliphatic heterocycles. The molecule has 0 spiro atoms. The highest BCUT2D eigenvalue weighted by molar-refractivity contribution is 5.82. The van der Waals surface area contributed by atoms with Gasteiger partial charge in [-0.05, 0) is 25.2 Å². The number of carboxylic acids is 1. The van der Waals surface area contributed by atoms with E-state index in [2.05, 4.69) is 10.6 Å². The van der Waals surface area contributed by atoms with Gasteiger partial charge in [-0.25, -0.2) is 9.59 Å². The van der Waals surface area contributed by atoms with Gasteiger partial charge in [0.1, 0.15) is 6.04 Å². The molecule has 0 saturated heterocycles. The molecular formula is C13H24N2O3. The first-order chi connectivity index (χ1) is 8.43. The molecule has 0 heterocycles. The van der Waals surface area contributed by atoms with E-state index in [4.69, 9.17) is 5.11 Å². The predicted molar refractivity (Wildman–Crippen MR) is 69.3 cm³/mol. The quantitative estimate of drug-likeness (QED) is 0.651. The van der Waals surface area contributed by atoms with Crippen LogP contribution in [0.1, 0.15) is 46.5 Å². The zero-order valence-corrected chi connectivity index (χ0v) is 11.4. The molecule has 3 N–H and O–H groups in total. The maximum atomic E-state index is 11.7. The monoisotopic (exact) mass is 256 g/mol. The van der Waals surface area contributed by atoms with Gasteiger partial charge in [0.2, 0.25) is 0 Å². The van der Waals surface area contributed by atoms with Gasteiger partial charge in [-0.1, -0.05) is 33.1 Å². The number of rotatable bonds is 7. The lowest BCUT2D eigenvalue weighted by molar-refractivity contribution is -0.140. The van der Waals surface area contributed by atoms with Crippen molar-refractivity contribution in [3.05, 3.63) is 0 Å². The lowest BCUT2D eigenvalue weighted by Gasteiger charge is -2.22. The Morgan fingerprint density at radius 1 is 1.28 bits per heavy atom. The van der Waals surface area contributed by atoms with Crippen molar-refractivity contribution < 1.29 is 14.7 Å². The molecule has 0 aromatic rings. The molecule has 1 rings (SSSR count). The number of hydrogen-bond acceptors (Lipinski definition) is 2. The van der Waals surface area contributed by atoms with Gasteiger partial charge < -0.3 is 15.7 Å². The topological polar surface area (TPSA) is 78.4 Å². The van der Waals surface area contributed by atoms with Crippen LogP contribution in [-0.4, -0.2) is 29.2 Å². The first-order valence-electron chi connectivity index (χ1n) is 6.73. The van der Waals surface area contributed by atoms with Crippen molar-refractivity contribution in [2.75, 3.05) is 0 Å². The second-order valence-corrected chi connectivity index (χ2v) is 5.40. The summed E-state index contributed by atoms with van der Waals surface area (Å²) >= 11 is 0. The molecule has 1 unspecified atom stereocenters. The van der Waals surface area contributed by atoms with Gasteiger partial charge in [-0.3, -0.25) is 0 Å². The third-order valence-corrected chi connectivity index (χ3v) is 3.53. The number of carboxylic acid groups (broad SMARTS) is 1. The van der Waals surface area contributed by atoms with Crippen LogP contribution in [0, 0.1) is 11.8 Å². The average Bonchev–Trinajstić information content (AvgIpc) is 3.08. The molecule has 1 aliphatic rings. The number of carbonyl (C=O) groups is 2. The van der Waals surface area contributed by atoms with Crippen LogP contribution in [0.15, 0.2) is 0 Å². The normalized spacial score (nSPS) is 19.7. The standard InChI is InChI=1S/C13H24N2O3/c1-4-8(2)11(12(16)17)15-13(18)14-9(3)7-10-5-6-10/h8-11H,4-7H2,1-3H3,(H,16,17)(H2,14,15,18)/t8-,9?,11-/m0/s1. The SMILES string of the molecule is CC[C@H](C)[C@H](NC(=O)NC(C)CC1CC1)C(=O)O. The van der Waals surface area contributed by atoms with E-state index in [1.165, 1.54) is 12.8 Å². The van der Waals surface area contributed by atoms with E-state index in [0.717, 1.165) is 18.8 Å².